The maximum Gasteiger partial charge on any atom is 0.354 e. The van der Waals surface area contributed by atoms with Crippen molar-refractivity contribution in [1.82, 2.24) is 4.98 Å². The predicted molar refractivity (Wildman–Crippen MR) is 93.0 cm³/mol. The van der Waals surface area contributed by atoms with E-state index in [9.17, 15) is 4.79 Å². The SMILES string of the molecule is CCCCCCCCCCC/C=C/c1c[nH]c(C(=O)OC)c1. The van der Waals surface area contributed by atoms with E-state index < -0.39 is 0 Å². The second-order valence-electron chi connectivity index (χ2n) is 5.86. The van der Waals surface area contributed by atoms with Crippen LogP contribution in [0.3, 0.4) is 0 Å². The van der Waals surface area contributed by atoms with Crippen LogP contribution in [0, 0.1) is 0 Å². The number of aromatic amines is 1. The summed E-state index contributed by atoms with van der Waals surface area (Å²) in [5, 5.41) is 0. The van der Waals surface area contributed by atoms with Gasteiger partial charge in [-0.1, -0.05) is 70.4 Å². The molecule has 0 aliphatic heterocycles. The van der Waals surface area contributed by atoms with Crippen LogP contribution in [0.1, 0.15) is 87.2 Å². The van der Waals surface area contributed by atoms with Crippen LogP contribution in [0.25, 0.3) is 6.08 Å². The summed E-state index contributed by atoms with van der Waals surface area (Å²) in [4.78, 5) is 14.2. The number of aromatic nitrogens is 1. The Morgan fingerprint density at radius 2 is 1.73 bits per heavy atom. The van der Waals surface area contributed by atoms with Gasteiger partial charge in [-0.05, 0) is 24.5 Å². The Labute approximate surface area is 135 Å². The number of carbonyl (C=O) groups excluding carboxylic acids is 1. The standard InChI is InChI=1S/C19H31NO2/c1-3-4-5-6-7-8-9-10-11-12-13-14-17-15-18(20-16-17)19(21)22-2/h13-16,20H,3-12H2,1-2H3/b14-13+. The predicted octanol–water partition coefficient (Wildman–Crippen LogP) is 5.74. The first-order valence-corrected chi connectivity index (χ1v) is 8.71. The van der Waals surface area contributed by atoms with E-state index in [2.05, 4.69) is 28.8 Å². The molecule has 0 bridgehead atoms. The zero-order valence-corrected chi connectivity index (χ0v) is 14.2. The van der Waals surface area contributed by atoms with E-state index in [4.69, 9.17) is 0 Å². The minimum Gasteiger partial charge on any atom is -0.464 e. The van der Waals surface area contributed by atoms with Crippen LogP contribution >= 0.6 is 0 Å². The van der Waals surface area contributed by atoms with Crippen molar-refractivity contribution in [2.75, 3.05) is 7.11 Å². The van der Waals surface area contributed by atoms with Gasteiger partial charge in [0.25, 0.3) is 0 Å². The molecule has 0 atom stereocenters. The van der Waals surface area contributed by atoms with Crippen LogP contribution in [-0.2, 0) is 4.74 Å². The fraction of sp³-hybridized carbons (Fsp3) is 0.632. The van der Waals surface area contributed by atoms with Crippen molar-refractivity contribution in [2.24, 2.45) is 0 Å². The molecule has 0 unspecified atom stereocenters. The zero-order valence-electron chi connectivity index (χ0n) is 14.2. The van der Waals surface area contributed by atoms with Crippen LogP contribution < -0.4 is 0 Å². The third kappa shape index (κ3) is 8.06. The van der Waals surface area contributed by atoms with Gasteiger partial charge in [0.2, 0.25) is 0 Å². The van der Waals surface area contributed by atoms with Gasteiger partial charge in [0, 0.05) is 6.20 Å². The van der Waals surface area contributed by atoms with E-state index >= 15 is 0 Å². The van der Waals surface area contributed by atoms with E-state index in [1.54, 1.807) is 0 Å². The molecule has 1 aromatic rings. The van der Waals surface area contributed by atoms with Gasteiger partial charge in [0.1, 0.15) is 5.69 Å². The number of hydrogen-bond donors (Lipinski definition) is 1. The second-order valence-corrected chi connectivity index (χ2v) is 5.86. The first kappa shape index (κ1) is 18.5. The smallest absolute Gasteiger partial charge is 0.354 e. The summed E-state index contributed by atoms with van der Waals surface area (Å²) in [6.45, 7) is 2.26. The summed E-state index contributed by atoms with van der Waals surface area (Å²) >= 11 is 0. The Kier molecular flexibility index (Phi) is 10.2. The van der Waals surface area contributed by atoms with E-state index in [0.29, 0.717) is 5.69 Å². The molecule has 1 heterocycles. The van der Waals surface area contributed by atoms with Gasteiger partial charge in [0.15, 0.2) is 0 Å². The molecule has 22 heavy (non-hydrogen) atoms. The van der Waals surface area contributed by atoms with Crippen LogP contribution in [-0.4, -0.2) is 18.1 Å². The topological polar surface area (TPSA) is 42.1 Å². The molecule has 0 spiro atoms. The third-order valence-corrected chi connectivity index (χ3v) is 3.90. The first-order valence-electron chi connectivity index (χ1n) is 8.71. The van der Waals surface area contributed by atoms with E-state index in [-0.39, 0.29) is 5.97 Å². The minimum atomic E-state index is -0.321. The van der Waals surface area contributed by atoms with Gasteiger partial charge in [-0.25, -0.2) is 4.79 Å². The number of allylic oxidation sites excluding steroid dienone is 1. The van der Waals surface area contributed by atoms with Crippen molar-refractivity contribution in [3.8, 4) is 0 Å². The molecule has 1 rings (SSSR count). The molecule has 0 fully saturated rings. The van der Waals surface area contributed by atoms with Crippen LogP contribution in [0.15, 0.2) is 18.3 Å². The number of ether oxygens (including phenoxy) is 1. The van der Waals surface area contributed by atoms with Crippen molar-refractivity contribution >= 4 is 12.0 Å². The average molecular weight is 305 g/mol. The Hall–Kier alpha value is -1.51. The number of nitrogens with one attached hydrogen (secondary N) is 1. The lowest BCUT2D eigenvalue weighted by molar-refractivity contribution is 0.0595. The lowest BCUT2D eigenvalue weighted by Crippen LogP contribution is -2.00. The summed E-state index contributed by atoms with van der Waals surface area (Å²) in [7, 11) is 1.39. The summed E-state index contributed by atoms with van der Waals surface area (Å²) in [5.74, 6) is -0.321. The third-order valence-electron chi connectivity index (χ3n) is 3.90. The minimum absolute atomic E-state index is 0.321. The van der Waals surface area contributed by atoms with Gasteiger partial charge in [-0.2, -0.15) is 0 Å². The molecule has 3 heteroatoms. The lowest BCUT2D eigenvalue weighted by Gasteiger charge is -2.00. The lowest BCUT2D eigenvalue weighted by atomic mass is 10.1. The fourth-order valence-electron chi connectivity index (χ4n) is 2.53. The fourth-order valence-corrected chi connectivity index (χ4v) is 2.53. The van der Waals surface area contributed by atoms with Crippen molar-refractivity contribution in [1.29, 1.82) is 0 Å². The van der Waals surface area contributed by atoms with Crippen molar-refractivity contribution in [3.05, 3.63) is 29.6 Å². The number of rotatable bonds is 12. The highest BCUT2D eigenvalue weighted by atomic mass is 16.5. The quantitative estimate of drug-likeness (QED) is 0.395. The molecule has 1 N–H and O–H groups in total. The van der Waals surface area contributed by atoms with Crippen molar-refractivity contribution in [3.63, 3.8) is 0 Å². The van der Waals surface area contributed by atoms with Gasteiger partial charge in [-0.15, -0.1) is 0 Å². The summed E-state index contributed by atoms with van der Waals surface area (Å²) in [6.07, 6.45) is 19.4. The summed E-state index contributed by atoms with van der Waals surface area (Å²) in [6, 6.07) is 1.82. The number of methoxy groups -OCH3 is 1. The molecule has 0 saturated carbocycles. The molecule has 0 saturated heterocycles. The largest absolute Gasteiger partial charge is 0.464 e. The Bertz CT molecular complexity index is 434. The maximum absolute atomic E-state index is 11.3. The molecular weight excluding hydrogens is 274 g/mol. The summed E-state index contributed by atoms with van der Waals surface area (Å²) in [5.41, 5.74) is 1.53. The molecule has 3 nitrogen and oxygen atoms in total. The zero-order chi connectivity index (χ0) is 16.0. The highest BCUT2D eigenvalue weighted by Crippen LogP contribution is 2.12. The van der Waals surface area contributed by atoms with E-state index in [1.807, 2.05) is 12.3 Å². The number of hydrogen-bond acceptors (Lipinski definition) is 2. The molecule has 0 radical (unpaired) electrons. The highest BCUT2D eigenvalue weighted by molar-refractivity contribution is 5.88. The number of unbranched alkanes of at least 4 members (excludes halogenated alkanes) is 9. The van der Waals surface area contributed by atoms with Gasteiger partial charge < -0.3 is 9.72 Å². The molecule has 124 valence electrons. The van der Waals surface area contributed by atoms with Crippen LogP contribution in [0.4, 0.5) is 0 Å². The Balaban J connectivity index is 2.02. The number of esters is 1. The average Bonchev–Trinajstić information content (AvgIpc) is 3.00. The van der Waals surface area contributed by atoms with Crippen LogP contribution in [0.5, 0.6) is 0 Å². The second kappa shape index (κ2) is 12.1. The van der Waals surface area contributed by atoms with Gasteiger partial charge in [-0.3, -0.25) is 0 Å². The molecular formula is C19H31NO2. The van der Waals surface area contributed by atoms with Gasteiger partial charge >= 0.3 is 5.97 Å². The monoisotopic (exact) mass is 305 g/mol. The van der Waals surface area contributed by atoms with Crippen molar-refractivity contribution < 1.29 is 9.53 Å². The Morgan fingerprint density at radius 1 is 1.09 bits per heavy atom. The summed E-state index contributed by atoms with van der Waals surface area (Å²) < 4.78 is 4.67. The van der Waals surface area contributed by atoms with Gasteiger partial charge in [0.05, 0.1) is 7.11 Å². The molecule has 0 aliphatic carbocycles. The molecule has 0 aliphatic rings. The molecule has 0 aromatic carbocycles. The number of carbonyl (C=O) groups is 1. The molecule has 0 amide bonds. The van der Waals surface area contributed by atoms with Crippen LogP contribution in [0.2, 0.25) is 0 Å². The Morgan fingerprint density at radius 3 is 2.36 bits per heavy atom. The van der Waals surface area contributed by atoms with E-state index in [1.165, 1.54) is 64.9 Å². The maximum atomic E-state index is 11.3. The van der Waals surface area contributed by atoms with Crippen molar-refractivity contribution in [2.45, 2.75) is 71.1 Å². The first-order chi connectivity index (χ1) is 10.8. The highest BCUT2D eigenvalue weighted by Gasteiger charge is 2.06. The molecule has 1 aromatic heterocycles. The van der Waals surface area contributed by atoms with E-state index in [0.717, 1.165) is 12.0 Å². The normalized spacial score (nSPS) is 11.2. The number of H-pyrrole nitrogens is 1.